The highest BCUT2D eigenvalue weighted by atomic mass is 32.2. The molecule has 142 valence electrons. The highest BCUT2D eigenvalue weighted by molar-refractivity contribution is 8.14. The van der Waals surface area contributed by atoms with Gasteiger partial charge >= 0.3 is 0 Å². The standard InChI is InChI=1S/C20H19N5O2S/c1-27-16-9-7-14(8-10-16)17-11-19(24-20-21-13-22-25(17)20)28-12-18(26)23-15-5-3-2-4-6-15/h2-10,13,17H,11-12H2,1H3,(H,23,26). The van der Waals surface area contributed by atoms with E-state index in [-0.39, 0.29) is 17.7 Å². The summed E-state index contributed by atoms with van der Waals surface area (Å²) >= 11 is 1.43. The van der Waals surface area contributed by atoms with E-state index >= 15 is 0 Å². The maximum absolute atomic E-state index is 12.2. The van der Waals surface area contributed by atoms with E-state index in [4.69, 9.17) is 4.74 Å². The van der Waals surface area contributed by atoms with E-state index in [0.29, 0.717) is 12.4 Å². The van der Waals surface area contributed by atoms with Crippen LogP contribution in [0.3, 0.4) is 0 Å². The number of hydrogen-bond acceptors (Lipinski definition) is 6. The number of ether oxygens (including phenoxy) is 1. The number of nitrogens with one attached hydrogen (secondary N) is 1. The SMILES string of the molecule is COc1ccc(C2CC(SCC(=O)Nc3ccccc3)=Nc3ncnn32)cc1. The number of aromatic nitrogens is 3. The first-order valence-electron chi connectivity index (χ1n) is 8.81. The van der Waals surface area contributed by atoms with Crippen LogP contribution in [0.2, 0.25) is 0 Å². The molecule has 0 saturated heterocycles. The lowest BCUT2D eigenvalue weighted by Gasteiger charge is -2.23. The van der Waals surface area contributed by atoms with Gasteiger partial charge in [-0.25, -0.2) is 9.67 Å². The molecule has 0 aliphatic carbocycles. The van der Waals surface area contributed by atoms with Crippen LogP contribution in [0.1, 0.15) is 18.0 Å². The summed E-state index contributed by atoms with van der Waals surface area (Å²) in [5.74, 6) is 1.58. The summed E-state index contributed by atoms with van der Waals surface area (Å²) < 4.78 is 7.05. The molecule has 28 heavy (non-hydrogen) atoms. The smallest absolute Gasteiger partial charge is 0.249 e. The fraction of sp³-hybridized carbons (Fsp3) is 0.200. The molecule has 0 fully saturated rings. The molecule has 2 aromatic carbocycles. The van der Waals surface area contributed by atoms with Gasteiger partial charge in [-0.15, -0.1) is 11.8 Å². The van der Waals surface area contributed by atoms with Gasteiger partial charge in [-0.3, -0.25) is 4.79 Å². The van der Waals surface area contributed by atoms with Crippen LogP contribution in [0.25, 0.3) is 0 Å². The number of amides is 1. The summed E-state index contributed by atoms with van der Waals surface area (Å²) in [7, 11) is 1.65. The van der Waals surface area contributed by atoms with Gasteiger partial charge in [0, 0.05) is 12.1 Å². The van der Waals surface area contributed by atoms with E-state index in [1.54, 1.807) is 7.11 Å². The zero-order valence-corrected chi connectivity index (χ0v) is 16.1. The summed E-state index contributed by atoms with van der Waals surface area (Å²) in [5, 5.41) is 8.08. The van der Waals surface area contributed by atoms with E-state index in [1.165, 1.54) is 18.1 Å². The predicted molar refractivity (Wildman–Crippen MR) is 110 cm³/mol. The molecule has 1 unspecified atom stereocenters. The second-order valence-corrected chi connectivity index (χ2v) is 7.25. The monoisotopic (exact) mass is 393 g/mol. The molecule has 1 atom stereocenters. The number of rotatable bonds is 5. The minimum atomic E-state index is -0.0630. The molecule has 3 aromatic rings. The minimum absolute atomic E-state index is 0.0133. The van der Waals surface area contributed by atoms with Crippen LogP contribution >= 0.6 is 11.8 Å². The number of para-hydroxylation sites is 1. The maximum Gasteiger partial charge on any atom is 0.249 e. The quantitative estimate of drug-likeness (QED) is 0.715. The third-order valence-electron chi connectivity index (χ3n) is 4.37. The van der Waals surface area contributed by atoms with Gasteiger partial charge in [0.25, 0.3) is 0 Å². The van der Waals surface area contributed by atoms with Crippen molar-refractivity contribution in [2.45, 2.75) is 12.5 Å². The van der Waals surface area contributed by atoms with Gasteiger partial charge in [-0.2, -0.15) is 10.1 Å². The first-order chi connectivity index (χ1) is 13.7. The van der Waals surface area contributed by atoms with Crippen LogP contribution in [0, 0.1) is 0 Å². The Balaban J connectivity index is 1.45. The van der Waals surface area contributed by atoms with E-state index in [2.05, 4.69) is 20.4 Å². The van der Waals surface area contributed by atoms with Crippen molar-refractivity contribution >= 4 is 34.3 Å². The van der Waals surface area contributed by atoms with Crippen molar-refractivity contribution in [2.75, 3.05) is 18.2 Å². The zero-order valence-electron chi connectivity index (χ0n) is 15.3. The number of benzene rings is 2. The Labute approximate surface area is 166 Å². The van der Waals surface area contributed by atoms with Crippen LogP contribution in [0.5, 0.6) is 5.75 Å². The second-order valence-electron chi connectivity index (χ2n) is 6.21. The van der Waals surface area contributed by atoms with E-state index in [0.717, 1.165) is 22.0 Å². The van der Waals surface area contributed by atoms with E-state index < -0.39 is 0 Å². The third-order valence-corrected chi connectivity index (χ3v) is 5.37. The largest absolute Gasteiger partial charge is 0.497 e. The fourth-order valence-corrected chi connectivity index (χ4v) is 3.79. The number of thioether (sulfide) groups is 1. The Morgan fingerprint density at radius 1 is 1.21 bits per heavy atom. The molecule has 1 N–H and O–H groups in total. The average molecular weight is 393 g/mol. The summed E-state index contributed by atoms with van der Waals surface area (Å²) in [6.07, 6.45) is 2.16. The van der Waals surface area contributed by atoms with Crippen molar-refractivity contribution in [1.82, 2.24) is 14.8 Å². The van der Waals surface area contributed by atoms with Gasteiger partial charge in [0.15, 0.2) is 0 Å². The van der Waals surface area contributed by atoms with Gasteiger partial charge < -0.3 is 10.1 Å². The highest BCUT2D eigenvalue weighted by Crippen LogP contribution is 2.33. The van der Waals surface area contributed by atoms with Crippen LogP contribution in [-0.4, -0.2) is 38.6 Å². The summed E-state index contributed by atoms with van der Waals surface area (Å²) in [6.45, 7) is 0. The lowest BCUT2D eigenvalue weighted by molar-refractivity contribution is -0.113. The number of anilines is 1. The number of aliphatic imine (C=N–C) groups is 1. The van der Waals surface area contributed by atoms with Gasteiger partial charge in [0.2, 0.25) is 11.9 Å². The van der Waals surface area contributed by atoms with Crippen LogP contribution in [-0.2, 0) is 4.79 Å². The number of methoxy groups -OCH3 is 1. The molecule has 1 aliphatic heterocycles. The Bertz CT molecular complexity index is 985. The van der Waals surface area contributed by atoms with Crippen molar-refractivity contribution in [3.63, 3.8) is 0 Å². The first kappa shape index (κ1) is 18.2. The number of fused-ring (bicyclic) bond motifs is 1. The van der Waals surface area contributed by atoms with E-state index in [9.17, 15) is 4.79 Å². The first-order valence-corrected chi connectivity index (χ1v) is 9.80. The zero-order chi connectivity index (χ0) is 19.3. The summed E-state index contributed by atoms with van der Waals surface area (Å²) in [6, 6.07) is 17.3. The molecule has 0 spiro atoms. The molecule has 4 rings (SSSR count). The topological polar surface area (TPSA) is 81.4 Å². The molecule has 0 radical (unpaired) electrons. The van der Waals surface area contributed by atoms with Gasteiger partial charge in [-0.1, -0.05) is 30.3 Å². The maximum atomic E-state index is 12.2. The van der Waals surface area contributed by atoms with Crippen molar-refractivity contribution in [1.29, 1.82) is 0 Å². The normalized spacial score (nSPS) is 15.5. The molecular formula is C20H19N5O2S. The lowest BCUT2D eigenvalue weighted by atomic mass is 10.0. The summed E-state index contributed by atoms with van der Waals surface area (Å²) in [4.78, 5) is 21.0. The van der Waals surface area contributed by atoms with Gasteiger partial charge in [0.05, 0.1) is 23.9 Å². The highest BCUT2D eigenvalue weighted by Gasteiger charge is 2.26. The predicted octanol–water partition coefficient (Wildman–Crippen LogP) is 3.68. The van der Waals surface area contributed by atoms with Crippen molar-refractivity contribution < 1.29 is 9.53 Å². The number of nitrogens with zero attached hydrogens (tertiary/aromatic N) is 4. The average Bonchev–Trinajstić information content (AvgIpc) is 3.21. The minimum Gasteiger partial charge on any atom is -0.497 e. The molecule has 2 heterocycles. The van der Waals surface area contributed by atoms with Crippen LogP contribution in [0.15, 0.2) is 65.9 Å². The second kappa shape index (κ2) is 8.26. The summed E-state index contributed by atoms with van der Waals surface area (Å²) in [5.41, 5.74) is 1.88. The lowest BCUT2D eigenvalue weighted by Crippen LogP contribution is -2.21. The Kier molecular flexibility index (Phi) is 5.38. The number of hydrogen-bond donors (Lipinski definition) is 1. The fourth-order valence-electron chi connectivity index (χ4n) is 3.00. The molecule has 0 saturated carbocycles. The molecule has 7 nitrogen and oxygen atoms in total. The molecular weight excluding hydrogens is 374 g/mol. The molecule has 1 aromatic heterocycles. The van der Waals surface area contributed by atoms with E-state index in [1.807, 2.05) is 59.3 Å². The van der Waals surface area contributed by atoms with Gasteiger partial charge in [-0.05, 0) is 29.8 Å². The number of carbonyl (C=O) groups is 1. The van der Waals surface area contributed by atoms with Crippen molar-refractivity contribution in [2.24, 2.45) is 4.99 Å². The third kappa shape index (κ3) is 4.07. The Morgan fingerprint density at radius 2 is 2.00 bits per heavy atom. The van der Waals surface area contributed by atoms with Crippen LogP contribution < -0.4 is 10.1 Å². The Morgan fingerprint density at radius 3 is 2.75 bits per heavy atom. The molecule has 1 aliphatic rings. The van der Waals surface area contributed by atoms with Crippen molar-refractivity contribution in [3.8, 4) is 5.75 Å². The van der Waals surface area contributed by atoms with Gasteiger partial charge in [0.1, 0.15) is 12.1 Å². The molecule has 0 bridgehead atoms. The van der Waals surface area contributed by atoms with Crippen molar-refractivity contribution in [3.05, 3.63) is 66.5 Å². The molecule has 1 amide bonds. The number of carbonyl (C=O) groups excluding carboxylic acids is 1. The Hall–Kier alpha value is -3.13. The van der Waals surface area contributed by atoms with Crippen LogP contribution in [0.4, 0.5) is 11.6 Å². The molecule has 8 heteroatoms.